The van der Waals surface area contributed by atoms with Gasteiger partial charge in [0.05, 0.1) is 17.9 Å². The van der Waals surface area contributed by atoms with Gasteiger partial charge < -0.3 is 10.6 Å². The predicted octanol–water partition coefficient (Wildman–Crippen LogP) is 2.32. The molecule has 1 aromatic heterocycles. The van der Waals surface area contributed by atoms with Crippen molar-refractivity contribution in [2.75, 3.05) is 7.05 Å². The van der Waals surface area contributed by atoms with Gasteiger partial charge in [-0.15, -0.1) is 24.0 Å². The molecule has 0 spiro atoms. The minimum absolute atomic E-state index is 0. The van der Waals surface area contributed by atoms with Crippen LogP contribution in [0.1, 0.15) is 18.5 Å². The smallest absolute Gasteiger partial charge is 0.191 e. The monoisotopic (exact) mass is 397 g/mol. The molecule has 21 heavy (non-hydrogen) atoms. The van der Waals surface area contributed by atoms with Crippen LogP contribution in [0.4, 0.5) is 0 Å². The predicted molar refractivity (Wildman–Crippen MR) is 95.3 cm³/mol. The molecule has 0 radical (unpaired) electrons. The van der Waals surface area contributed by atoms with Gasteiger partial charge in [0.15, 0.2) is 5.96 Å². The zero-order chi connectivity index (χ0) is 13.8. The van der Waals surface area contributed by atoms with Crippen LogP contribution in [0.25, 0.3) is 5.69 Å². The minimum Gasteiger partial charge on any atom is -0.354 e. The highest BCUT2D eigenvalue weighted by Gasteiger charge is 2.22. The highest BCUT2D eigenvalue weighted by molar-refractivity contribution is 14.0. The molecule has 1 aliphatic rings. The molecule has 1 heterocycles. The molecule has 3 rings (SSSR count). The van der Waals surface area contributed by atoms with Gasteiger partial charge in [0, 0.05) is 19.3 Å². The average Bonchev–Trinajstić information content (AvgIpc) is 3.19. The van der Waals surface area contributed by atoms with Crippen LogP contribution >= 0.6 is 24.0 Å². The fraction of sp³-hybridized carbons (Fsp3) is 0.333. The lowest BCUT2D eigenvalue weighted by Crippen LogP contribution is -2.38. The van der Waals surface area contributed by atoms with Crippen LogP contribution in [0.2, 0.25) is 0 Å². The molecule has 1 aliphatic carbocycles. The third-order valence-corrected chi connectivity index (χ3v) is 3.24. The van der Waals surface area contributed by atoms with E-state index < -0.39 is 0 Å². The van der Waals surface area contributed by atoms with E-state index in [1.807, 2.05) is 47.3 Å². The van der Waals surface area contributed by atoms with Crippen LogP contribution in [-0.4, -0.2) is 28.8 Å². The number of guanidine groups is 1. The van der Waals surface area contributed by atoms with Crippen molar-refractivity contribution >= 4 is 29.9 Å². The molecule has 2 aromatic rings. The van der Waals surface area contributed by atoms with Gasteiger partial charge in [-0.2, -0.15) is 5.10 Å². The zero-order valence-corrected chi connectivity index (χ0v) is 14.3. The second-order valence-electron chi connectivity index (χ2n) is 4.93. The highest BCUT2D eigenvalue weighted by Crippen LogP contribution is 2.18. The van der Waals surface area contributed by atoms with Gasteiger partial charge in [-0.05, 0) is 31.0 Å². The summed E-state index contributed by atoms with van der Waals surface area (Å²) in [6.45, 7) is 0.673. The van der Waals surface area contributed by atoms with E-state index in [4.69, 9.17) is 0 Å². The summed E-state index contributed by atoms with van der Waals surface area (Å²) in [5, 5.41) is 11.2. The SMILES string of the molecule is CN=C(NCc1ccn(-c2ccccc2)n1)NC1CC1.I. The molecule has 0 unspecified atom stereocenters. The number of nitrogens with zero attached hydrogens (tertiary/aromatic N) is 3. The quantitative estimate of drug-likeness (QED) is 0.473. The first-order valence-electron chi connectivity index (χ1n) is 6.92. The standard InChI is InChI=1S/C15H19N5.HI/c1-16-15(18-12-7-8-12)17-11-13-9-10-20(19-13)14-5-3-2-4-6-14;/h2-6,9-10,12H,7-8,11H2,1H3,(H2,16,17,18);1H. The zero-order valence-electron chi connectivity index (χ0n) is 12.0. The molecule has 2 N–H and O–H groups in total. The van der Waals surface area contributed by atoms with Crippen LogP contribution in [0.3, 0.4) is 0 Å². The Morgan fingerprint density at radius 1 is 1.29 bits per heavy atom. The molecular weight excluding hydrogens is 377 g/mol. The highest BCUT2D eigenvalue weighted by atomic mass is 127. The number of hydrogen-bond acceptors (Lipinski definition) is 2. The molecule has 0 amide bonds. The summed E-state index contributed by atoms with van der Waals surface area (Å²) in [4.78, 5) is 4.21. The molecule has 6 heteroatoms. The number of halogens is 1. The van der Waals surface area contributed by atoms with Gasteiger partial charge >= 0.3 is 0 Å². The van der Waals surface area contributed by atoms with Crippen LogP contribution in [0.15, 0.2) is 47.6 Å². The summed E-state index contributed by atoms with van der Waals surface area (Å²) in [5.74, 6) is 0.849. The largest absolute Gasteiger partial charge is 0.354 e. The van der Waals surface area contributed by atoms with Crippen molar-refractivity contribution in [3.63, 3.8) is 0 Å². The maximum Gasteiger partial charge on any atom is 0.191 e. The Balaban J connectivity index is 0.00000161. The first kappa shape index (κ1) is 15.8. The third kappa shape index (κ3) is 4.45. The fourth-order valence-corrected chi connectivity index (χ4v) is 1.97. The number of aliphatic imine (C=N–C) groups is 1. The molecule has 1 aromatic carbocycles. The number of rotatable bonds is 4. The minimum atomic E-state index is 0. The van der Waals surface area contributed by atoms with E-state index in [2.05, 4.69) is 20.7 Å². The summed E-state index contributed by atoms with van der Waals surface area (Å²) in [6.07, 6.45) is 4.45. The third-order valence-electron chi connectivity index (χ3n) is 3.24. The van der Waals surface area contributed by atoms with Crippen LogP contribution in [-0.2, 0) is 6.54 Å². The molecule has 112 valence electrons. The Labute approximate surface area is 141 Å². The number of hydrogen-bond donors (Lipinski definition) is 2. The Hall–Kier alpha value is -1.57. The van der Waals surface area contributed by atoms with Crippen LogP contribution < -0.4 is 10.6 Å². The lowest BCUT2D eigenvalue weighted by atomic mass is 10.3. The van der Waals surface area contributed by atoms with E-state index in [0.29, 0.717) is 12.6 Å². The summed E-state index contributed by atoms with van der Waals surface area (Å²) in [6, 6.07) is 12.7. The number of benzene rings is 1. The maximum atomic E-state index is 4.55. The average molecular weight is 397 g/mol. The Morgan fingerprint density at radius 3 is 2.71 bits per heavy atom. The van der Waals surface area contributed by atoms with E-state index in [1.54, 1.807) is 7.05 Å². The number of para-hydroxylation sites is 1. The molecule has 0 atom stereocenters. The Kier molecular flexibility index (Phi) is 5.60. The van der Waals surface area contributed by atoms with Crippen molar-refractivity contribution in [3.8, 4) is 5.69 Å². The molecule has 1 saturated carbocycles. The van der Waals surface area contributed by atoms with Crippen molar-refractivity contribution < 1.29 is 0 Å². The molecule has 0 saturated heterocycles. The summed E-state index contributed by atoms with van der Waals surface area (Å²) in [5.41, 5.74) is 2.06. The van der Waals surface area contributed by atoms with E-state index in [0.717, 1.165) is 17.3 Å². The van der Waals surface area contributed by atoms with Gasteiger partial charge in [0.25, 0.3) is 0 Å². The first-order chi connectivity index (χ1) is 9.85. The van der Waals surface area contributed by atoms with Crippen molar-refractivity contribution in [3.05, 3.63) is 48.3 Å². The van der Waals surface area contributed by atoms with Crippen molar-refractivity contribution in [1.82, 2.24) is 20.4 Å². The van der Waals surface area contributed by atoms with Gasteiger partial charge in [0.2, 0.25) is 0 Å². The van der Waals surface area contributed by atoms with E-state index in [1.165, 1.54) is 12.8 Å². The van der Waals surface area contributed by atoms with E-state index in [9.17, 15) is 0 Å². The molecule has 0 aliphatic heterocycles. The van der Waals surface area contributed by atoms with Gasteiger partial charge in [-0.1, -0.05) is 18.2 Å². The van der Waals surface area contributed by atoms with Crippen molar-refractivity contribution in [1.29, 1.82) is 0 Å². The maximum absolute atomic E-state index is 4.55. The van der Waals surface area contributed by atoms with Gasteiger partial charge in [0.1, 0.15) is 0 Å². The summed E-state index contributed by atoms with van der Waals surface area (Å²) >= 11 is 0. The second-order valence-corrected chi connectivity index (χ2v) is 4.93. The first-order valence-corrected chi connectivity index (χ1v) is 6.92. The van der Waals surface area contributed by atoms with Crippen molar-refractivity contribution in [2.45, 2.75) is 25.4 Å². The molecular formula is C15H20IN5. The van der Waals surface area contributed by atoms with Gasteiger partial charge in [-0.3, -0.25) is 4.99 Å². The molecule has 1 fully saturated rings. The lowest BCUT2D eigenvalue weighted by Gasteiger charge is -2.09. The van der Waals surface area contributed by atoms with Crippen LogP contribution in [0.5, 0.6) is 0 Å². The molecule has 5 nitrogen and oxygen atoms in total. The number of nitrogens with one attached hydrogen (secondary N) is 2. The number of aromatic nitrogens is 2. The second kappa shape index (κ2) is 7.44. The van der Waals surface area contributed by atoms with E-state index >= 15 is 0 Å². The van der Waals surface area contributed by atoms with Crippen LogP contribution in [0, 0.1) is 0 Å². The Bertz CT molecular complexity index is 589. The van der Waals surface area contributed by atoms with E-state index in [-0.39, 0.29) is 24.0 Å². The normalized spacial score (nSPS) is 14.4. The molecule has 0 bridgehead atoms. The fourth-order valence-electron chi connectivity index (χ4n) is 1.97. The summed E-state index contributed by atoms with van der Waals surface area (Å²) in [7, 11) is 1.79. The summed E-state index contributed by atoms with van der Waals surface area (Å²) < 4.78 is 1.88. The topological polar surface area (TPSA) is 54.2 Å². The van der Waals surface area contributed by atoms with Gasteiger partial charge in [-0.25, -0.2) is 4.68 Å². The van der Waals surface area contributed by atoms with Crippen molar-refractivity contribution in [2.24, 2.45) is 4.99 Å². The Morgan fingerprint density at radius 2 is 2.05 bits per heavy atom. The lowest BCUT2D eigenvalue weighted by molar-refractivity contribution is 0.766.